The van der Waals surface area contributed by atoms with E-state index in [2.05, 4.69) is 43.6 Å². The molecule has 0 fully saturated rings. The van der Waals surface area contributed by atoms with E-state index in [0.717, 1.165) is 77.4 Å². The number of carboxylic acid groups (broad SMARTS) is 1. The Kier molecular flexibility index (Phi) is 12.9. The van der Waals surface area contributed by atoms with Crippen LogP contribution in [0.5, 0.6) is 0 Å². The van der Waals surface area contributed by atoms with Gasteiger partial charge in [0, 0.05) is 27.3 Å². The van der Waals surface area contributed by atoms with E-state index in [9.17, 15) is 24.8 Å². The molecule has 51 heavy (non-hydrogen) atoms. The van der Waals surface area contributed by atoms with Gasteiger partial charge in [0.15, 0.2) is 0 Å². The molecule has 266 valence electrons. The van der Waals surface area contributed by atoms with Gasteiger partial charge in [0.2, 0.25) is 0 Å². The maximum absolute atomic E-state index is 14.8. The van der Waals surface area contributed by atoms with Gasteiger partial charge in [0.05, 0.1) is 22.5 Å². The SMILES string of the molecule is CCCCC(CC)CN1C(=O)C2=C(c3ccc(-c4ccc(/C=C(/C#N)C(=O)O)s4)cc3)N(CC(CC)CCCC)C(=O)C2=C1c1ccc(Br)cc1. The van der Waals surface area contributed by atoms with Crippen molar-refractivity contribution in [2.45, 2.75) is 79.1 Å². The number of aliphatic carboxylic acids is 1. The molecule has 3 heterocycles. The number of thiophene rings is 1. The van der Waals surface area contributed by atoms with Crippen molar-refractivity contribution in [3.63, 3.8) is 0 Å². The van der Waals surface area contributed by atoms with Gasteiger partial charge >= 0.3 is 5.97 Å². The molecular formula is C42H46BrN3O4S. The Hall–Kier alpha value is -4.26. The normalized spacial score (nSPS) is 15.9. The summed E-state index contributed by atoms with van der Waals surface area (Å²) >= 11 is 4.95. The second kappa shape index (κ2) is 17.3. The Balaban J connectivity index is 1.63. The predicted octanol–water partition coefficient (Wildman–Crippen LogP) is 10.4. The van der Waals surface area contributed by atoms with E-state index in [-0.39, 0.29) is 17.4 Å². The number of hydrogen-bond donors (Lipinski definition) is 1. The standard InChI is InChI=1S/C42H46BrN3O4S/c1-5-9-11-27(7-3)25-45-38(30-15-13-29(14-16-30)35-22-21-34(51-35)23-32(24-44)42(49)50)36-37(41(45)48)39(31-17-19-33(43)20-18-31)46(40(36)47)26-28(8-4)12-10-6-2/h13-23,27-28H,5-12,25-26H2,1-4H3,(H,49,50)/b32-23-. The molecule has 3 aromatic rings. The Bertz CT molecular complexity index is 1900. The van der Waals surface area contributed by atoms with Crippen LogP contribution in [0, 0.1) is 23.2 Å². The summed E-state index contributed by atoms with van der Waals surface area (Å²) in [6.07, 6.45) is 9.64. The highest BCUT2D eigenvalue weighted by atomic mass is 79.9. The molecule has 0 aliphatic carbocycles. The van der Waals surface area contributed by atoms with Gasteiger partial charge in [-0.3, -0.25) is 9.59 Å². The molecule has 2 aliphatic rings. The zero-order valence-corrected chi connectivity index (χ0v) is 32.3. The predicted molar refractivity (Wildman–Crippen MR) is 209 cm³/mol. The minimum atomic E-state index is -1.26. The topological polar surface area (TPSA) is 102 Å². The molecular weight excluding hydrogens is 722 g/mol. The van der Waals surface area contributed by atoms with Crippen LogP contribution < -0.4 is 0 Å². The van der Waals surface area contributed by atoms with E-state index >= 15 is 0 Å². The van der Waals surface area contributed by atoms with Crippen LogP contribution in [0.15, 0.2) is 81.9 Å². The fourth-order valence-electron chi connectivity index (χ4n) is 6.97. The van der Waals surface area contributed by atoms with Gasteiger partial charge in [-0.15, -0.1) is 11.3 Å². The summed E-state index contributed by atoms with van der Waals surface area (Å²) in [6.45, 7) is 9.82. The first-order valence-electron chi connectivity index (χ1n) is 18.1. The van der Waals surface area contributed by atoms with Crippen molar-refractivity contribution < 1.29 is 19.5 Å². The first-order valence-corrected chi connectivity index (χ1v) is 19.7. The van der Waals surface area contributed by atoms with Crippen molar-refractivity contribution in [3.05, 3.63) is 97.9 Å². The Morgan fingerprint density at radius 2 is 1.25 bits per heavy atom. The minimum Gasteiger partial charge on any atom is -0.477 e. The van der Waals surface area contributed by atoms with Gasteiger partial charge in [-0.1, -0.05) is 119 Å². The molecule has 0 radical (unpaired) electrons. The maximum Gasteiger partial charge on any atom is 0.346 e. The molecule has 0 spiro atoms. The third-order valence-corrected chi connectivity index (χ3v) is 11.6. The molecule has 2 aromatic carbocycles. The van der Waals surface area contributed by atoms with Crippen LogP contribution in [0.4, 0.5) is 0 Å². The molecule has 1 aromatic heterocycles. The first kappa shape index (κ1) is 38.0. The number of carbonyl (C=O) groups excluding carboxylic acids is 2. The van der Waals surface area contributed by atoms with Gasteiger partial charge in [-0.05, 0) is 71.7 Å². The number of hydrogen-bond acceptors (Lipinski definition) is 5. The van der Waals surface area contributed by atoms with Gasteiger partial charge in [-0.25, -0.2) is 4.79 Å². The zero-order chi connectivity index (χ0) is 36.7. The molecule has 2 atom stereocenters. The molecule has 2 aliphatic heterocycles. The zero-order valence-electron chi connectivity index (χ0n) is 29.9. The number of fused-ring (bicyclic) bond motifs is 1. The molecule has 2 unspecified atom stereocenters. The summed E-state index contributed by atoms with van der Waals surface area (Å²) in [4.78, 5) is 46.3. The highest BCUT2D eigenvalue weighted by molar-refractivity contribution is 9.10. The number of nitrogens with zero attached hydrogens (tertiary/aromatic N) is 3. The number of benzene rings is 2. The van der Waals surface area contributed by atoms with E-state index in [1.807, 2.05) is 64.4 Å². The lowest BCUT2D eigenvalue weighted by atomic mass is 9.97. The second-order valence-corrected chi connectivity index (χ2v) is 15.4. The summed E-state index contributed by atoms with van der Waals surface area (Å²) in [6, 6.07) is 21.3. The fourth-order valence-corrected chi connectivity index (χ4v) is 8.19. The summed E-state index contributed by atoms with van der Waals surface area (Å²) in [5.74, 6) is -0.876. The van der Waals surface area contributed by atoms with Crippen molar-refractivity contribution in [2.75, 3.05) is 13.1 Å². The molecule has 0 saturated heterocycles. The van der Waals surface area contributed by atoms with Gasteiger partial charge in [-0.2, -0.15) is 5.26 Å². The first-order chi connectivity index (χ1) is 24.6. The average Bonchev–Trinajstić information content (AvgIpc) is 3.80. The Labute approximate surface area is 314 Å². The average molecular weight is 769 g/mol. The summed E-state index contributed by atoms with van der Waals surface area (Å²) in [5, 5.41) is 18.5. The van der Waals surface area contributed by atoms with Gasteiger partial charge < -0.3 is 14.9 Å². The van der Waals surface area contributed by atoms with E-state index in [4.69, 9.17) is 0 Å². The van der Waals surface area contributed by atoms with E-state index in [1.54, 1.807) is 12.1 Å². The highest BCUT2D eigenvalue weighted by Crippen LogP contribution is 2.48. The third kappa shape index (κ3) is 8.29. The summed E-state index contributed by atoms with van der Waals surface area (Å²) in [7, 11) is 0. The van der Waals surface area contributed by atoms with Crippen LogP contribution in [0.3, 0.4) is 0 Å². The van der Waals surface area contributed by atoms with Crippen LogP contribution in [0.25, 0.3) is 27.9 Å². The summed E-state index contributed by atoms with van der Waals surface area (Å²) in [5.41, 5.74) is 4.63. The second-order valence-electron chi connectivity index (χ2n) is 13.4. The molecule has 5 rings (SSSR count). The van der Waals surface area contributed by atoms with E-state index in [0.29, 0.717) is 52.3 Å². The monoisotopic (exact) mass is 767 g/mol. The number of halogens is 1. The van der Waals surface area contributed by atoms with Gasteiger partial charge in [0.1, 0.15) is 11.6 Å². The van der Waals surface area contributed by atoms with Crippen LogP contribution in [0.2, 0.25) is 0 Å². The van der Waals surface area contributed by atoms with E-state index in [1.165, 1.54) is 17.4 Å². The number of amides is 2. The molecule has 7 nitrogen and oxygen atoms in total. The van der Waals surface area contributed by atoms with Crippen molar-refractivity contribution in [2.24, 2.45) is 11.8 Å². The smallest absolute Gasteiger partial charge is 0.346 e. The Morgan fingerprint density at radius 1 is 0.784 bits per heavy atom. The van der Waals surface area contributed by atoms with Crippen molar-refractivity contribution in [1.29, 1.82) is 5.26 Å². The number of carbonyl (C=O) groups is 3. The maximum atomic E-state index is 14.8. The fraction of sp³-hybridized carbons (Fsp3) is 0.381. The molecule has 0 saturated carbocycles. The van der Waals surface area contributed by atoms with Crippen molar-refractivity contribution in [1.82, 2.24) is 9.80 Å². The molecule has 1 N–H and O–H groups in total. The minimum absolute atomic E-state index is 0.115. The largest absolute Gasteiger partial charge is 0.477 e. The van der Waals surface area contributed by atoms with Crippen molar-refractivity contribution >= 4 is 62.5 Å². The van der Waals surface area contributed by atoms with Gasteiger partial charge in [0.25, 0.3) is 11.8 Å². The van der Waals surface area contributed by atoms with Crippen LogP contribution in [-0.4, -0.2) is 45.8 Å². The lowest BCUT2D eigenvalue weighted by molar-refractivity contribution is -0.132. The van der Waals surface area contributed by atoms with Crippen LogP contribution in [-0.2, 0) is 14.4 Å². The summed E-state index contributed by atoms with van der Waals surface area (Å²) < 4.78 is 0.931. The number of rotatable bonds is 17. The molecule has 9 heteroatoms. The molecule has 2 amide bonds. The Morgan fingerprint density at radius 3 is 1.69 bits per heavy atom. The number of nitriles is 1. The van der Waals surface area contributed by atoms with Crippen LogP contribution in [0.1, 0.15) is 95.1 Å². The number of carboxylic acids is 1. The number of unbranched alkanes of at least 4 members (excludes halogenated alkanes) is 2. The lowest BCUT2D eigenvalue weighted by Gasteiger charge is -2.29. The van der Waals surface area contributed by atoms with Crippen LogP contribution >= 0.6 is 27.3 Å². The quantitative estimate of drug-likeness (QED) is 0.109. The van der Waals surface area contributed by atoms with E-state index < -0.39 is 5.97 Å². The third-order valence-electron chi connectivity index (χ3n) is 9.97. The molecule has 0 bridgehead atoms. The van der Waals surface area contributed by atoms with Crippen molar-refractivity contribution in [3.8, 4) is 16.5 Å². The lowest BCUT2D eigenvalue weighted by Crippen LogP contribution is -2.34. The highest BCUT2D eigenvalue weighted by Gasteiger charge is 2.49.